The number of rotatable bonds is 5. The van der Waals surface area contributed by atoms with Crippen LogP contribution in [0.1, 0.15) is 36.1 Å². The Labute approximate surface area is 114 Å². The second-order valence-electron chi connectivity index (χ2n) is 4.67. The molecular weight excluding hydrogens is 236 g/mol. The van der Waals surface area contributed by atoms with E-state index in [0.29, 0.717) is 12.5 Å². The number of nitrogens with two attached hydrogens (primary N) is 1. The minimum atomic E-state index is 0.0515. The van der Waals surface area contributed by atoms with Crippen molar-refractivity contribution in [1.82, 2.24) is 4.98 Å². The molecule has 0 amide bonds. The van der Waals surface area contributed by atoms with Crippen LogP contribution in [-0.2, 0) is 6.61 Å². The average molecular weight is 256 g/mol. The SMILES string of the molecule is CCC(N)c1cnc(OCc2ccccc2)cc1C. The van der Waals surface area contributed by atoms with Gasteiger partial charge in [-0.3, -0.25) is 0 Å². The van der Waals surface area contributed by atoms with Crippen LogP contribution in [0.15, 0.2) is 42.6 Å². The van der Waals surface area contributed by atoms with Crippen LogP contribution in [0.3, 0.4) is 0 Å². The van der Waals surface area contributed by atoms with Gasteiger partial charge in [0.1, 0.15) is 6.61 Å². The van der Waals surface area contributed by atoms with Crippen molar-refractivity contribution in [3.63, 3.8) is 0 Å². The average Bonchev–Trinajstić information content (AvgIpc) is 2.45. The molecule has 0 aliphatic heterocycles. The van der Waals surface area contributed by atoms with Gasteiger partial charge in [0.2, 0.25) is 5.88 Å². The zero-order valence-corrected chi connectivity index (χ0v) is 11.5. The quantitative estimate of drug-likeness (QED) is 0.892. The summed E-state index contributed by atoms with van der Waals surface area (Å²) in [4.78, 5) is 4.32. The second kappa shape index (κ2) is 6.34. The monoisotopic (exact) mass is 256 g/mol. The van der Waals surface area contributed by atoms with E-state index in [9.17, 15) is 0 Å². The molecule has 2 rings (SSSR count). The van der Waals surface area contributed by atoms with Crippen molar-refractivity contribution in [2.45, 2.75) is 32.9 Å². The molecule has 0 aliphatic rings. The third-order valence-electron chi connectivity index (χ3n) is 3.20. The van der Waals surface area contributed by atoms with Crippen molar-refractivity contribution >= 4 is 0 Å². The van der Waals surface area contributed by atoms with Crippen LogP contribution < -0.4 is 10.5 Å². The maximum absolute atomic E-state index is 6.03. The van der Waals surface area contributed by atoms with Gasteiger partial charge in [-0.2, -0.15) is 0 Å². The summed E-state index contributed by atoms with van der Waals surface area (Å²) < 4.78 is 5.69. The highest BCUT2D eigenvalue weighted by molar-refractivity contribution is 5.30. The van der Waals surface area contributed by atoms with Gasteiger partial charge in [0, 0.05) is 18.3 Å². The summed E-state index contributed by atoms with van der Waals surface area (Å²) in [5, 5.41) is 0. The predicted molar refractivity (Wildman–Crippen MR) is 77.0 cm³/mol. The Morgan fingerprint density at radius 1 is 1.26 bits per heavy atom. The Hall–Kier alpha value is -1.87. The van der Waals surface area contributed by atoms with Crippen molar-refractivity contribution in [1.29, 1.82) is 0 Å². The normalized spacial score (nSPS) is 12.2. The number of pyridine rings is 1. The topological polar surface area (TPSA) is 48.1 Å². The van der Waals surface area contributed by atoms with Crippen LogP contribution >= 0.6 is 0 Å². The lowest BCUT2D eigenvalue weighted by atomic mass is 10.0. The minimum Gasteiger partial charge on any atom is -0.473 e. The molecule has 1 unspecified atom stereocenters. The van der Waals surface area contributed by atoms with Crippen molar-refractivity contribution < 1.29 is 4.74 Å². The zero-order chi connectivity index (χ0) is 13.7. The van der Waals surface area contributed by atoms with Gasteiger partial charge < -0.3 is 10.5 Å². The molecule has 1 aromatic heterocycles. The molecule has 0 spiro atoms. The molecular formula is C16H20N2O. The molecule has 1 aromatic carbocycles. The number of hydrogen-bond donors (Lipinski definition) is 1. The van der Waals surface area contributed by atoms with Gasteiger partial charge in [0.05, 0.1) is 0 Å². The summed E-state index contributed by atoms with van der Waals surface area (Å²) >= 11 is 0. The van der Waals surface area contributed by atoms with Gasteiger partial charge in [0.15, 0.2) is 0 Å². The first-order valence-electron chi connectivity index (χ1n) is 6.59. The van der Waals surface area contributed by atoms with Crippen LogP contribution in [0.5, 0.6) is 5.88 Å². The van der Waals surface area contributed by atoms with Gasteiger partial charge in [0.25, 0.3) is 0 Å². The molecule has 0 bridgehead atoms. The van der Waals surface area contributed by atoms with Crippen LogP contribution in [0.2, 0.25) is 0 Å². The molecule has 0 aliphatic carbocycles. The van der Waals surface area contributed by atoms with Gasteiger partial charge in [-0.05, 0) is 30.0 Å². The van der Waals surface area contributed by atoms with E-state index >= 15 is 0 Å². The lowest BCUT2D eigenvalue weighted by Gasteiger charge is -2.13. The highest BCUT2D eigenvalue weighted by Crippen LogP contribution is 2.21. The molecule has 19 heavy (non-hydrogen) atoms. The Morgan fingerprint density at radius 3 is 2.63 bits per heavy atom. The second-order valence-corrected chi connectivity index (χ2v) is 4.67. The summed E-state index contributed by atoms with van der Waals surface area (Å²) in [7, 11) is 0. The summed E-state index contributed by atoms with van der Waals surface area (Å²) in [5.74, 6) is 0.647. The number of benzene rings is 1. The fourth-order valence-electron chi connectivity index (χ4n) is 1.96. The van der Waals surface area contributed by atoms with Crippen LogP contribution in [0.25, 0.3) is 0 Å². The zero-order valence-electron chi connectivity index (χ0n) is 11.5. The molecule has 0 saturated carbocycles. The Balaban J connectivity index is 2.04. The fraction of sp³-hybridized carbons (Fsp3) is 0.312. The van der Waals surface area contributed by atoms with Crippen LogP contribution in [-0.4, -0.2) is 4.98 Å². The minimum absolute atomic E-state index is 0.0515. The number of aromatic nitrogens is 1. The molecule has 2 aromatic rings. The Bertz CT molecular complexity index is 526. The van der Waals surface area contributed by atoms with Crippen LogP contribution in [0.4, 0.5) is 0 Å². The number of aryl methyl sites for hydroxylation is 1. The molecule has 1 atom stereocenters. The molecule has 2 N–H and O–H groups in total. The molecule has 3 heteroatoms. The summed E-state index contributed by atoms with van der Waals surface area (Å²) in [6.45, 7) is 4.65. The van der Waals surface area contributed by atoms with E-state index < -0.39 is 0 Å². The molecule has 0 saturated heterocycles. The smallest absolute Gasteiger partial charge is 0.213 e. The van der Waals surface area contributed by atoms with Crippen molar-refractivity contribution in [3.8, 4) is 5.88 Å². The molecule has 100 valence electrons. The third kappa shape index (κ3) is 3.55. The van der Waals surface area contributed by atoms with E-state index in [-0.39, 0.29) is 6.04 Å². The lowest BCUT2D eigenvalue weighted by Crippen LogP contribution is -2.11. The number of ether oxygens (including phenoxy) is 1. The molecule has 1 heterocycles. The first-order chi connectivity index (χ1) is 9.20. The maximum atomic E-state index is 6.03. The van der Waals surface area contributed by atoms with Gasteiger partial charge in [-0.15, -0.1) is 0 Å². The molecule has 0 fully saturated rings. The number of nitrogens with zero attached hydrogens (tertiary/aromatic N) is 1. The largest absolute Gasteiger partial charge is 0.473 e. The van der Waals surface area contributed by atoms with E-state index in [1.807, 2.05) is 49.5 Å². The molecule has 3 nitrogen and oxygen atoms in total. The number of hydrogen-bond acceptors (Lipinski definition) is 3. The molecule has 0 radical (unpaired) electrons. The van der Waals surface area contributed by atoms with Crippen molar-refractivity contribution in [3.05, 3.63) is 59.3 Å². The van der Waals surface area contributed by atoms with Gasteiger partial charge >= 0.3 is 0 Å². The Kier molecular flexibility index (Phi) is 4.53. The van der Waals surface area contributed by atoms with E-state index in [0.717, 1.165) is 23.1 Å². The van der Waals surface area contributed by atoms with Crippen LogP contribution in [0, 0.1) is 6.92 Å². The fourth-order valence-corrected chi connectivity index (χ4v) is 1.96. The van der Waals surface area contributed by atoms with Gasteiger partial charge in [-0.25, -0.2) is 4.98 Å². The summed E-state index contributed by atoms with van der Waals surface area (Å²) in [6, 6.07) is 12.1. The van der Waals surface area contributed by atoms with Crippen molar-refractivity contribution in [2.75, 3.05) is 0 Å². The van der Waals surface area contributed by atoms with E-state index in [2.05, 4.69) is 11.9 Å². The lowest BCUT2D eigenvalue weighted by molar-refractivity contribution is 0.293. The maximum Gasteiger partial charge on any atom is 0.213 e. The first kappa shape index (κ1) is 13.6. The summed E-state index contributed by atoms with van der Waals surface area (Å²) in [6.07, 6.45) is 2.73. The third-order valence-corrected chi connectivity index (χ3v) is 3.20. The Morgan fingerprint density at radius 2 is 2.00 bits per heavy atom. The standard InChI is InChI=1S/C16H20N2O/c1-3-15(17)14-10-18-16(9-12(14)2)19-11-13-7-5-4-6-8-13/h4-10,15H,3,11,17H2,1-2H3. The van der Waals surface area contributed by atoms with Gasteiger partial charge in [-0.1, -0.05) is 37.3 Å². The first-order valence-corrected chi connectivity index (χ1v) is 6.59. The predicted octanol–water partition coefficient (Wildman–Crippen LogP) is 3.38. The highest BCUT2D eigenvalue weighted by Gasteiger charge is 2.08. The van der Waals surface area contributed by atoms with E-state index in [4.69, 9.17) is 10.5 Å². The summed E-state index contributed by atoms with van der Waals surface area (Å²) in [5.41, 5.74) is 9.39. The van der Waals surface area contributed by atoms with E-state index in [1.165, 1.54) is 0 Å². The highest BCUT2D eigenvalue weighted by atomic mass is 16.5. The van der Waals surface area contributed by atoms with E-state index in [1.54, 1.807) is 0 Å². The van der Waals surface area contributed by atoms with Crippen molar-refractivity contribution in [2.24, 2.45) is 5.73 Å².